The SMILES string of the molecule is O=C(O)/C=C/CC(O)C/C=C/c1ccccc1. The monoisotopic (exact) mass is 232 g/mol. The topological polar surface area (TPSA) is 57.5 Å². The molecule has 1 atom stereocenters. The number of rotatable bonds is 6. The van der Waals surface area contributed by atoms with Gasteiger partial charge in [0.25, 0.3) is 0 Å². The maximum absolute atomic E-state index is 10.2. The molecule has 0 amide bonds. The van der Waals surface area contributed by atoms with Crippen molar-refractivity contribution in [1.29, 1.82) is 0 Å². The van der Waals surface area contributed by atoms with E-state index in [1.54, 1.807) is 0 Å². The Morgan fingerprint density at radius 1 is 1.18 bits per heavy atom. The van der Waals surface area contributed by atoms with E-state index in [0.717, 1.165) is 11.6 Å². The summed E-state index contributed by atoms with van der Waals surface area (Å²) in [4.78, 5) is 10.2. The summed E-state index contributed by atoms with van der Waals surface area (Å²) in [7, 11) is 0. The molecule has 0 radical (unpaired) electrons. The van der Waals surface area contributed by atoms with Crippen LogP contribution >= 0.6 is 0 Å². The van der Waals surface area contributed by atoms with Crippen LogP contribution in [0.4, 0.5) is 0 Å². The molecule has 0 fully saturated rings. The molecule has 2 N–H and O–H groups in total. The van der Waals surface area contributed by atoms with Crippen molar-refractivity contribution in [2.45, 2.75) is 18.9 Å². The van der Waals surface area contributed by atoms with E-state index in [1.165, 1.54) is 6.08 Å². The molecule has 3 heteroatoms. The fourth-order valence-electron chi connectivity index (χ4n) is 1.35. The molecule has 90 valence electrons. The van der Waals surface area contributed by atoms with Crippen molar-refractivity contribution in [3.8, 4) is 0 Å². The molecule has 1 aromatic carbocycles. The first-order valence-corrected chi connectivity index (χ1v) is 5.47. The van der Waals surface area contributed by atoms with Crippen molar-refractivity contribution in [3.05, 3.63) is 54.1 Å². The Morgan fingerprint density at radius 3 is 2.47 bits per heavy atom. The van der Waals surface area contributed by atoms with E-state index in [4.69, 9.17) is 5.11 Å². The van der Waals surface area contributed by atoms with Gasteiger partial charge in [-0.05, 0) is 18.4 Å². The van der Waals surface area contributed by atoms with Gasteiger partial charge in [-0.3, -0.25) is 0 Å². The van der Waals surface area contributed by atoms with Crippen molar-refractivity contribution < 1.29 is 15.0 Å². The molecular formula is C14H16O3. The predicted octanol–water partition coefficient (Wildman–Crippen LogP) is 2.48. The molecule has 0 saturated carbocycles. The van der Waals surface area contributed by atoms with Crippen LogP contribution in [0.3, 0.4) is 0 Å². The molecule has 0 heterocycles. The summed E-state index contributed by atoms with van der Waals surface area (Å²) in [5.41, 5.74) is 1.08. The lowest BCUT2D eigenvalue weighted by Gasteiger charge is -2.02. The molecule has 17 heavy (non-hydrogen) atoms. The highest BCUT2D eigenvalue weighted by Gasteiger charge is 1.98. The van der Waals surface area contributed by atoms with E-state index in [-0.39, 0.29) is 0 Å². The van der Waals surface area contributed by atoms with Crippen molar-refractivity contribution in [3.63, 3.8) is 0 Å². The van der Waals surface area contributed by atoms with Gasteiger partial charge in [0.2, 0.25) is 0 Å². The molecular weight excluding hydrogens is 216 g/mol. The van der Waals surface area contributed by atoms with Crippen molar-refractivity contribution in [2.24, 2.45) is 0 Å². The van der Waals surface area contributed by atoms with Crippen LogP contribution in [0, 0.1) is 0 Å². The molecule has 0 saturated heterocycles. The average molecular weight is 232 g/mol. The Morgan fingerprint density at radius 2 is 1.82 bits per heavy atom. The molecule has 0 aliphatic carbocycles. The molecule has 1 rings (SSSR count). The largest absolute Gasteiger partial charge is 0.478 e. The van der Waals surface area contributed by atoms with Crippen LogP contribution < -0.4 is 0 Å². The minimum Gasteiger partial charge on any atom is -0.478 e. The molecule has 0 aromatic heterocycles. The zero-order chi connectivity index (χ0) is 12.5. The number of carboxylic acids is 1. The smallest absolute Gasteiger partial charge is 0.327 e. The van der Waals surface area contributed by atoms with Gasteiger partial charge in [0, 0.05) is 6.08 Å². The normalized spacial score (nSPS) is 13.2. The summed E-state index contributed by atoms with van der Waals surface area (Å²) in [5, 5.41) is 17.9. The zero-order valence-electron chi connectivity index (χ0n) is 9.49. The Bertz CT molecular complexity index is 393. The van der Waals surface area contributed by atoms with Gasteiger partial charge in [-0.25, -0.2) is 4.79 Å². The Hall–Kier alpha value is -1.87. The zero-order valence-corrected chi connectivity index (χ0v) is 9.49. The number of aliphatic carboxylic acids is 1. The number of benzene rings is 1. The molecule has 0 bridgehead atoms. The number of aliphatic hydroxyl groups is 1. The van der Waals surface area contributed by atoms with Crippen LogP contribution in [-0.4, -0.2) is 22.3 Å². The van der Waals surface area contributed by atoms with E-state index >= 15 is 0 Å². The third kappa shape index (κ3) is 6.33. The standard InChI is InChI=1S/C14H16O3/c15-13(10-5-11-14(16)17)9-4-8-12-6-2-1-3-7-12/h1-8,11,13,15H,9-10H2,(H,16,17)/b8-4+,11-5+. The highest BCUT2D eigenvalue weighted by atomic mass is 16.4. The predicted molar refractivity (Wildman–Crippen MR) is 67.5 cm³/mol. The summed E-state index contributed by atoms with van der Waals surface area (Å²) in [5.74, 6) is -0.989. The van der Waals surface area contributed by atoms with Crippen molar-refractivity contribution in [2.75, 3.05) is 0 Å². The molecule has 3 nitrogen and oxygen atoms in total. The van der Waals surface area contributed by atoms with E-state index in [2.05, 4.69) is 0 Å². The highest BCUT2D eigenvalue weighted by molar-refractivity contribution is 5.79. The van der Waals surface area contributed by atoms with Crippen LogP contribution in [-0.2, 0) is 4.79 Å². The lowest BCUT2D eigenvalue weighted by atomic mass is 10.1. The van der Waals surface area contributed by atoms with Crippen molar-refractivity contribution >= 4 is 12.0 Å². The van der Waals surface area contributed by atoms with Crippen LogP contribution in [0.15, 0.2) is 48.6 Å². The Labute approximate surface area is 101 Å². The summed E-state index contributed by atoms with van der Waals surface area (Å²) in [6, 6.07) is 9.81. The number of carboxylic acid groups (broad SMARTS) is 1. The average Bonchev–Trinajstić information content (AvgIpc) is 2.30. The summed E-state index contributed by atoms with van der Waals surface area (Å²) >= 11 is 0. The summed E-state index contributed by atoms with van der Waals surface area (Å²) in [6.45, 7) is 0. The molecule has 0 aliphatic heterocycles. The van der Waals surface area contributed by atoms with Gasteiger partial charge in [0.15, 0.2) is 0 Å². The van der Waals surface area contributed by atoms with E-state index < -0.39 is 12.1 Å². The minimum atomic E-state index is -0.989. The van der Waals surface area contributed by atoms with Gasteiger partial charge in [0.1, 0.15) is 0 Å². The van der Waals surface area contributed by atoms with E-state index in [1.807, 2.05) is 42.5 Å². The first-order valence-electron chi connectivity index (χ1n) is 5.47. The number of hydrogen-bond acceptors (Lipinski definition) is 2. The van der Waals surface area contributed by atoms with E-state index in [0.29, 0.717) is 12.8 Å². The lowest BCUT2D eigenvalue weighted by molar-refractivity contribution is -0.131. The van der Waals surface area contributed by atoms with Gasteiger partial charge in [-0.15, -0.1) is 0 Å². The third-order valence-electron chi connectivity index (χ3n) is 2.19. The van der Waals surface area contributed by atoms with Gasteiger partial charge in [0.05, 0.1) is 6.10 Å². The highest BCUT2D eigenvalue weighted by Crippen LogP contribution is 2.05. The van der Waals surface area contributed by atoms with Gasteiger partial charge in [-0.2, -0.15) is 0 Å². The second-order valence-corrected chi connectivity index (χ2v) is 3.68. The molecule has 0 spiro atoms. The molecule has 1 unspecified atom stereocenters. The Balaban J connectivity index is 2.31. The first kappa shape index (κ1) is 13.2. The van der Waals surface area contributed by atoms with Crippen LogP contribution in [0.2, 0.25) is 0 Å². The second kappa shape index (κ2) is 7.41. The number of aliphatic hydroxyl groups excluding tert-OH is 1. The van der Waals surface area contributed by atoms with Gasteiger partial charge < -0.3 is 10.2 Å². The van der Waals surface area contributed by atoms with Crippen LogP contribution in [0.5, 0.6) is 0 Å². The lowest BCUT2D eigenvalue weighted by Crippen LogP contribution is -2.02. The summed E-state index contributed by atoms with van der Waals surface area (Å²) in [6.07, 6.45) is 6.65. The third-order valence-corrected chi connectivity index (χ3v) is 2.19. The summed E-state index contributed by atoms with van der Waals surface area (Å²) < 4.78 is 0. The van der Waals surface area contributed by atoms with Gasteiger partial charge >= 0.3 is 5.97 Å². The molecule has 0 aliphatic rings. The Kier molecular flexibility index (Phi) is 5.75. The van der Waals surface area contributed by atoms with Crippen LogP contribution in [0.1, 0.15) is 18.4 Å². The fraction of sp³-hybridized carbons (Fsp3) is 0.214. The number of carbonyl (C=O) groups is 1. The molecule has 1 aromatic rings. The van der Waals surface area contributed by atoms with Crippen LogP contribution in [0.25, 0.3) is 6.08 Å². The maximum Gasteiger partial charge on any atom is 0.327 e. The second-order valence-electron chi connectivity index (χ2n) is 3.68. The maximum atomic E-state index is 10.2. The van der Waals surface area contributed by atoms with Crippen molar-refractivity contribution in [1.82, 2.24) is 0 Å². The number of hydrogen-bond donors (Lipinski definition) is 2. The van der Waals surface area contributed by atoms with Gasteiger partial charge in [-0.1, -0.05) is 48.6 Å². The fourth-order valence-corrected chi connectivity index (χ4v) is 1.35. The minimum absolute atomic E-state index is 0.353. The first-order chi connectivity index (χ1) is 8.18. The van der Waals surface area contributed by atoms with E-state index in [9.17, 15) is 9.90 Å². The quantitative estimate of drug-likeness (QED) is 0.741.